The Kier molecular flexibility index (Phi) is 6.69. The summed E-state index contributed by atoms with van der Waals surface area (Å²) in [5.74, 6) is 0.771. The maximum absolute atomic E-state index is 13.2. The minimum absolute atomic E-state index is 0.144. The Balaban J connectivity index is 0.000000868. The molecule has 3 aromatic rings. The number of urea groups is 1. The monoisotopic (exact) mass is 465 g/mol. The number of carboxylic acid groups (broad SMARTS) is 1. The van der Waals surface area contributed by atoms with Gasteiger partial charge in [0, 0.05) is 61.0 Å². The summed E-state index contributed by atoms with van der Waals surface area (Å²) in [7, 11) is 0. The Bertz CT molecular complexity index is 1200. The van der Waals surface area contributed by atoms with Crippen LogP contribution in [0.2, 0.25) is 0 Å². The van der Waals surface area contributed by atoms with E-state index in [0.717, 1.165) is 53.4 Å². The Morgan fingerprint density at radius 3 is 2.65 bits per heavy atom. The molecule has 0 aromatic carbocycles. The number of carbonyl (C=O) groups is 2. The van der Waals surface area contributed by atoms with Gasteiger partial charge in [-0.1, -0.05) is 0 Å². The average Bonchev–Trinajstić information content (AvgIpc) is 3.36. The Morgan fingerprint density at radius 1 is 1.24 bits per heavy atom. The molecule has 0 radical (unpaired) electrons. The van der Waals surface area contributed by atoms with E-state index in [0.29, 0.717) is 18.6 Å². The summed E-state index contributed by atoms with van der Waals surface area (Å²) in [4.78, 5) is 30.3. The fourth-order valence-electron chi connectivity index (χ4n) is 4.87. The van der Waals surface area contributed by atoms with E-state index in [2.05, 4.69) is 45.5 Å². The first-order chi connectivity index (χ1) is 16.3. The predicted molar refractivity (Wildman–Crippen MR) is 132 cm³/mol. The van der Waals surface area contributed by atoms with Gasteiger partial charge in [0.2, 0.25) is 0 Å². The molecule has 2 atom stereocenters. The maximum atomic E-state index is 13.2. The number of amides is 2. The highest BCUT2D eigenvalue weighted by Crippen LogP contribution is 2.35. The smallest absolute Gasteiger partial charge is 0.327 e. The number of aromatic nitrogens is 3. The highest BCUT2D eigenvalue weighted by atomic mass is 16.3. The summed E-state index contributed by atoms with van der Waals surface area (Å²) in [5.41, 5.74) is 6.04. The van der Waals surface area contributed by atoms with Crippen molar-refractivity contribution < 1.29 is 14.7 Å². The largest absolute Gasteiger partial charge is 0.483 e. The topological polar surface area (TPSA) is 115 Å². The minimum Gasteiger partial charge on any atom is -0.483 e. The second-order valence-electron chi connectivity index (χ2n) is 8.97. The molecule has 3 N–H and O–H groups in total. The number of carbonyl (C=O) groups excluding carboxylic acids is 1. The van der Waals surface area contributed by atoms with E-state index in [-0.39, 0.29) is 12.5 Å². The number of nitrogens with zero attached hydrogens (tertiary/aromatic N) is 5. The highest BCUT2D eigenvalue weighted by molar-refractivity contribution is 6.03. The molecule has 10 heteroatoms. The van der Waals surface area contributed by atoms with Gasteiger partial charge in [0.05, 0.1) is 11.2 Å². The first-order valence-electron chi connectivity index (χ1n) is 11.4. The molecule has 0 unspecified atom stereocenters. The molecule has 5 heterocycles. The quantitative estimate of drug-likeness (QED) is 0.499. The molecule has 2 aliphatic heterocycles. The van der Waals surface area contributed by atoms with E-state index >= 15 is 0 Å². The number of pyridine rings is 2. The van der Waals surface area contributed by atoms with Gasteiger partial charge >= 0.3 is 6.03 Å². The first-order valence-corrected chi connectivity index (χ1v) is 11.4. The van der Waals surface area contributed by atoms with E-state index in [1.54, 1.807) is 4.90 Å². The average molecular weight is 466 g/mol. The van der Waals surface area contributed by atoms with E-state index in [1.165, 1.54) is 5.69 Å². The van der Waals surface area contributed by atoms with Crippen molar-refractivity contribution in [1.29, 1.82) is 0 Å². The number of fused-ring (bicyclic) bond motifs is 2. The van der Waals surface area contributed by atoms with Crippen LogP contribution in [0.15, 0.2) is 30.6 Å². The van der Waals surface area contributed by atoms with Gasteiger partial charge in [-0.3, -0.25) is 9.69 Å². The molecule has 0 bridgehead atoms. The highest BCUT2D eigenvalue weighted by Gasteiger charge is 2.31. The van der Waals surface area contributed by atoms with Crippen LogP contribution in [0.1, 0.15) is 30.7 Å². The molecule has 2 aliphatic rings. The van der Waals surface area contributed by atoms with E-state index < -0.39 is 0 Å². The second-order valence-corrected chi connectivity index (χ2v) is 8.97. The van der Waals surface area contributed by atoms with Crippen molar-refractivity contribution >= 4 is 35.2 Å². The van der Waals surface area contributed by atoms with Gasteiger partial charge in [-0.15, -0.1) is 0 Å². The fraction of sp³-hybridized carbons (Fsp3) is 0.417. The summed E-state index contributed by atoms with van der Waals surface area (Å²) in [5, 5.41) is 18.0. The third kappa shape index (κ3) is 4.67. The van der Waals surface area contributed by atoms with Crippen LogP contribution in [0.4, 0.5) is 22.0 Å². The van der Waals surface area contributed by atoms with Crippen molar-refractivity contribution in [3.8, 4) is 0 Å². The molecule has 0 spiro atoms. The molecule has 3 aromatic heterocycles. The van der Waals surface area contributed by atoms with Gasteiger partial charge < -0.3 is 20.6 Å². The van der Waals surface area contributed by atoms with Gasteiger partial charge in [0.15, 0.2) is 0 Å². The van der Waals surface area contributed by atoms with Crippen LogP contribution in [0.3, 0.4) is 0 Å². The summed E-state index contributed by atoms with van der Waals surface area (Å²) in [6.07, 6.45) is 4.58. The predicted octanol–water partition coefficient (Wildman–Crippen LogP) is 2.83. The molecule has 34 heavy (non-hydrogen) atoms. The van der Waals surface area contributed by atoms with Crippen molar-refractivity contribution in [3.63, 3.8) is 0 Å². The minimum atomic E-state index is -0.250. The molecular weight excluding hydrogens is 434 g/mol. The summed E-state index contributed by atoms with van der Waals surface area (Å²) >= 11 is 0. The number of anilines is 3. The van der Waals surface area contributed by atoms with Crippen molar-refractivity contribution in [2.45, 2.75) is 46.2 Å². The van der Waals surface area contributed by atoms with Gasteiger partial charge in [-0.25, -0.2) is 14.3 Å². The normalized spacial score (nSPS) is 19.4. The van der Waals surface area contributed by atoms with Crippen LogP contribution in [0, 0.1) is 13.8 Å². The Labute approximate surface area is 198 Å². The summed E-state index contributed by atoms with van der Waals surface area (Å²) in [6.45, 7) is 10.7. The molecule has 5 rings (SSSR count). The van der Waals surface area contributed by atoms with Crippen molar-refractivity contribution in [3.05, 3.63) is 47.4 Å². The maximum Gasteiger partial charge on any atom is 0.327 e. The molecule has 0 aliphatic carbocycles. The number of nitrogens with one attached hydrogen (secondary N) is 2. The molecule has 2 amide bonds. The number of hydrogen-bond acceptors (Lipinski definition) is 6. The van der Waals surface area contributed by atoms with Crippen LogP contribution >= 0.6 is 0 Å². The van der Waals surface area contributed by atoms with Crippen LogP contribution < -0.4 is 20.4 Å². The third-order valence-corrected chi connectivity index (χ3v) is 6.15. The SMILES string of the molecule is Cc1cc2cc(NC(=O)N3CCc4c(N5C[C@@H](C)N[C@@H](C)C5)ccnc43)c(C)cn2n1.O=CO. The zero-order chi connectivity index (χ0) is 24.4. The lowest BCUT2D eigenvalue weighted by molar-refractivity contribution is -0.122. The molecular formula is C24H31N7O3. The van der Waals surface area contributed by atoms with Gasteiger partial charge in [0.25, 0.3) is 6.47 Å². The second kappa shape index (κ2) is 9.68. The van der Waals surface area contributed by atoms with E-state index in [1.807, 2.05) is 42.9 Å². The summed E-state index contributed by atoms with van der Waals surface area (Å²) in [6, 6.07) is 6.78. The number of hydrogen-bond donors (Lipinski definition) is 3. The van der Waals surface area contributed by atoms with Gasteiger partial charge in [-0.2, -0.15) is 5.10 Å². The van der Waals surface area contributed by atoms with E-state index in [4.69, 9.17) is 9.90 Å². The number of aryl methyl sites for hydroxylation is 2. The Hall–Kier alpha value is -3.66. The lowest BCUT2D eigenvalue weighted by Gasteiger charge is -2.38. The Morgan fingerprint density at radius 2 is 1.94 bits per heavy atom. The summed E-state index contributed by atoms with van der Waals surface area (Å²) < 4.78 is 1.84. The van der Waals surface area contributed by atoms with E-state index in [9.17, 15) is 4.79 Å². The van der Waals surface area contributed by atoms with Crippen LogP contribution in [0.25, 0.3) is 5.52 Å². The van der Waals surface area contributed by atoms with Gasteiger partial charge in [0.1, 0.15) is 5.82 Å². The zero-order valence-corrected chi connectivity index (χ0v) is 19.9. The molecule has 0 saturated carbocycles. The standard InChI is InChI=1S/C23H29N7O.CH2O2/c1-14-11-30-18(9-15(2)27-30)10-20(14)26-23(31)29-8-6-19-21(5-7-24-22(19)29)28-12-16(3)25-17(4)13-28;2-1-3/h5,7,9-11,16-17,25H,6,8,12-13H2,1-4H3,(H,26,31);1H,(H,2,3)/t16-,17+;. The first kappa shape index (κ1) is 23.5. The van der Waals surface area contributed by atoms with Gasteiger partial charge in [-0.05, 0) is 57.9 Å². The third-order valence-electron chi connectivity index (χ3n) is 6.15. The van der Waals surface area contributed by atoms with Crippen LogP contribution in [-0.2, 0) is 11.2 Å². The fourth-order valence-corrected chi connectivity index (χ4v) is 4.87. The lowest BCUT2D eigenvalue weighted by atomic mass is 10.1. The molecule has 180 valence electrons. The number of piperazine rings is 1. The lowest BCUT2D eigenvalue weighted by Crippen LogP contribution is -2.54. The van der Waals surface area contributed by atoms with Crippen molar-refractivity contribution in [2.75, 3.05) is 34.8 Å². The number of rotatable bonds is 2. The van der Waals surface area contributed by atoms with Crippen molar-refractivity contribution in [2.24, 2.45) is 0 Å². The zero-order valence-electron chi connectivity index (χ0n) is 19.9. The molecule has 1 saturated heterocycles. The van der Waals surface area contributed by atoms with Crippen LogP contribution in [0.5, 0.6) is 0 Å². The van der Waals surface area contributed by atoms with Crippen molar-refractivity contribution in [1.82, 2.24) is 19.9 Å². The van der Waals surface area contributed by atoms with Crippen LogP contribution in [-0.4, -0.2) is 63.9 Å². The molecule has 1 fully saturated rings. The molecule has 10 nitrogen and oxygen atoms in total.